The Labute approximate surface area is 214 Å². The molecule has 1 atom stereocenters. The van der Waals surface area contributed by atoms with E-state index in [0.29, 0.717) is 44.1 Å². The summed E-state index contributed by atoms with van der Waals surface area (Å²) in [6, 6.07) is 13.0. The van der Waals surface area contributed by atoms with Gasteiger partial charge in [0, 0.05) is 27.1 Å². The van der Waals surface area contributed by atoms with Crippen LogP contribution in [0.5, 0.6) is 0 Å². The summed E-state index contributed by atoms with van der Waals surface area (Å²) >= 11 is 18.9. The first-order valence-corrected chi connectivity index (χ1v) is 12.7. The van der Waals surface area contributed by atoms with Crippen LogP contribution in [0.2, 0.25) is 15.1 Å². The SMILES string of the molecule is Cc1c(-c2nnc(C(C)C3CCCCC3)o2)nn(-c2ccc(Cl)cc2Cl)c1-c1ccc(Cl)cc1. The summed E-state index contributed by atoms with van der Waals surface area (Å²) < 4.78 is 8.01. The van der Waals surface area contributed by atoms with Gasteiger partial charge in [0.15, 0.2) is 5.69 Å². The maximum atomic E-state index is 6.57. The van der Waals surface area contributed by atoms with Crippen molar-refractivity contribution >= 4 is 34.8 Å². The van der Waals surface area contributed by atoms with E-state index >= 15 is 0 Å². The van der Waals surface area contributed by atoms with Crippen molar-refractivity contribution in [2.45, 2.75) is 51.9 Å². The van der Waals surface area contributed by atoms with Crippen LogP contribution in [-0.4, -0.2) is 20.0 Å². The smallest absolute Gasteiger partial charge is 0.268 e. The van der Waals surface area contributed by atoms with Crippen molar-refractivity contribution in [3.63, 3.8) is 0 Å². The molecule has 2 heterocycles. The summed E-state index contributed by atoms with van der Waals surface area (Å²) in [4.78, 5) is 0. The number of hydrogen-bond acceptors (Lipinski definition) is 4. The Bertz CT molecular complexity index is 1310. The molecule has 1 saturated carbocycles. The summed E-state index contributed by atoms with van der Waals surface area (Å²) in [6.45, 7) is 4.19. The van der Waals surface area contributed by atoms with Crippen LogP contribution in [0.3, 0.4) is 0 Å². The van der Waals surface area contributed by atoms with Crippen molar-refractivity contribution in [1.82, 2.24) is 20.0 Å². The predicted octanol–water partition coefficient (Wildman–Crippen LogP) is 8.54. The molecule has 0 N–H and O–H groups in total. The van der Waals surface area contributed by atoms with E-state index in [0.717, 1.165) is 16.8 Å². The quantitative estimate of drug-likeness (QED) is 0.267. The van der Waals surface area contributed by atoms with Crippen molar-refractivity contribution in [3.05, 3.63) is 69.0 Å². The lowest BCUT2D eigenvalue weighted by molar-refractivity contribution is 0.284. The van der Waals surface area contributed by atoms with Crippen molar-refractivity contribution in [2.75, 3.05) is 0 Å². The molecule has 0 bridgehead atoms. The molecule has 1 aliphatic carbocycles. The zero-order chi connectivity index (χ0) is 23.8. The standard InChI is InChI=1S/C26H25Cl3N4O/c1-15(17-6-4-3-5-7-17)25-30-31-26(34-25)23-16(2)24(18-8-10-19(27)11-9-18)33(32-23)22-13-12-20(28)14-21(22)29/h8-15,17H,3-7H2,1-2H3. The highest BCUT2D eigenvalue weighted by Crippen LogP contribution is 2.38. The van der Waals surface area contributed by atoms with Crippen molar-refractivity contribution in [3.8, 4) is 28.5 Å². The molecule has 0 aliphatic heterocycles. The number of benzene rings is 2. The van der Waals surface area contributed by atoms with E-state index in [1.807, 2.05) is 37.3 Å². The molecule has 0 saturated heterocycles. The third-order valence-electron chi connectivity index (χ3n) is 6.77. The second-order valence-corrected chi connectivity index (χ2v) is 10.2. The monoisotopic (exact) mass is 514 g/mol. The highest BCUT2D eigenvalue weighted by atomic mass is 35.5. The van der Waals surface area contributed by atoms with Gasteiger partial charge in [0.25, 0.3) is 5.89 Å². The van der Waals surface area contributed by atoms with E-state index in [4.69, 9.17) is 44.3 Å². The molecule has 1 fully saturated rings. The summed E-state index contributed by atoms with van der Waals surface area (Å²) in [5.41, 5.74) is 4.07. The minimum atomic E-state index is 0.227. The van der Waals surface area contributed by atoms with Crippen molar-refractivity contribution < 1.29 is 4.42 Å². The minimum Gasteiger partial charge on any atom is -0.419 e. The van der Waals surface area contributed by atoms with E-state index in [1.165, 1.54) is 32.1 Å². The maximum absolute atomic E-state index is 6.57. The van der Waals surface area contributed by atoms with Crippen LogP contribution in [-0.2, 0) is 0 Å². The van der Waals surface area contributed by atoms with E-state index in [2.05, 4.69) is 17.1 Å². The fourth-order valence-corrected chi connectivity index (χ4v) is 5.44. The van der Waals surface area contributed by atoms with E-state index in [-0.39, 0.29) is 5.92 Å². The van der Waals surface area contributed by atoms with Gasteiger partial charge in [-0.2, -0.15) is 5.10 Å². The van der Waals surface area contributed by atoms with E-state index in [1.54, 1.807) is 16.8 Å². The predicted molar refractivity (Wildman–Crippen MR) is 137 cm³/mol. The summed E-state index contributed by atoms with van der Waals surface area (Å²) in [5, 5.41) is 15.4. The second kappa shape index (κ2) is 9.73. The van der Waals surface area contributed by atoms with Gasteiger partial charge in [-0.25, -0.2) is 4.68 Å². The molecule has 0 radical (unpaired) electrons. The Morgan fingerprint density at radius 2 is 1.65 bits per heavy atom. The second-order valence-electron chi connectivity index (χ2n) is 8.97. The van der Waals surface area contributed by atoms with Crippen LogP contribution in [0.15, 0.2) is 46.9 Å². The van der Waals surface area contributed by atoms with Gasteiger partial charge in [0.2, 0.25) is 5.89 Å². The molecule has 0 amide bonds. The maximum Gasteiger partial charge on any atom is 0.268 e. The fraction of sp³-hybridized carbons (Fsp3) is 0.346. The van der Waals surface area contributed by atoms with Crippen LogP contribution in [0, 0.1) is 12.8 Å². The number of hydrogen-bond donors (Lipinski definition) is 0. The lowest BCUT2D eigenvalue weighted by atomic mass is 9.81. The molecular formula is C26H25Cl3N4O. The number of rotatable bonds is 5. The molecule has 4 aromatic rings. The first kappa shape index (κ1) is 23.4. The van der Waals surface area contributed by atoms with Gasteiger partial charge in [-0.05, 0) is 56.0 Å². The normalized spacial score (nSPS) is 15.6. The molecule has 0 spiro atoms. The van der Waals surface area contributed by atoms with Crippen LogP contribution in [0.25, 0.3) is 28.5 Å². The minimum absolute atomic E-state index is 0.227. The molecule has 176 valence electrons. The van der Waals surface area contributed by atoms with Crippen LogP contribution in [0.1, 0.15) is 56.4 Å². The molecule has 34 heavy (non-hydrogen) atoms. The summed E-state index contributed by atoms with van der Waals surface area (Å²) in [6.07, 6.45) is 6.28. The first-order valence-electron chi connectivity index (χ1n) is 11.6. The molecule has 2 aromatic carbocycles. The Balaban J connectivity index is 1.60. The van der Waals surface area contributed by atoms with E-state index < -0.39 is 0 Å². The van der Waals surface area contributed by atoms with Gasteiger partial charge >= 0.3 is 0 Å². The Morgan fingerprint density at radius 1 is 0.941 bits per heavy atom. The van der Waals surface area contributed by atoms with Crippen LogP contribution < -0.4 is 0 Å². The number of aromatic nitrogens is 4. The molecule has 1 aliphatic rings. The third-order valence-corrected chi connectivity index (χ3v) is 7.56. The lowest BCUT2D eigenvalue weighted by Crippen LogP contribution is -2.14. The Kier molecular flexibility index (Phi) is 6.70. The molecular weight excluding hydrogens is 491 g/mol. The van der Waals surface area contributed by atoms with E-state index in [9.17, 15) is 0 Å². The third kappa shape index (κ3) is 4.49. The molecule has 1 unspecified atom stereocenters. The van der Waals surface area contributed by atoms with Gasteiger partial charge in [0.1, 0.15) is 0 Å². The largest absolute Gasteiger partial charge is 0.419 e. The first-order chi connectivity index (χ1) is 16.4. The number of nitrogens with zero attached hydrogens (tertiary/aromatic N) is 4. The van der Waals surface area contributed by atoms with Gasteiger partial charge < -0.3 is 4.42 Å². The summed E-state index contributed by atoms with van der Waals surface area (Å²) in [7, 11) is 0. The fourth-order valence-electron chi connectivity index (χ4n) is 4.82. The van der Waals surface area contributed by atoms with Gasteiger partial charge in [-0.1, -0.05) is 73.1 Å². The molecule has 2 aromatic heterocycles. The highest BCUT2D eigenvalue weighted by molar-refractivity contribution is 6.35. The average molecular weight is 516 g/mol. The average Bonchev–Trinajstić information content (AvgIpc) is 3.45. The van der Waals surface area contributed by atoms with Gasteiger partial charge in [-0.15, -0.1) is 10.2 Å². The molecule has 5 rings (SSSR count). The van der Waals surface area contributed by atoms with Crippen LogP contribution in [0.4, 0.5) is 0 Å². The molecule has 5 nitrogen and oxygen atoms in total. The lowest BCUT2D eigenvalue weighted by Gasteiger charge is -2.25. The van der Waals surface area contributed by atoms with Crippen molar-refractivity contribution in [1.29, 1.82) is 0 Å². The Morgan fingerprint density at radius 3 is 2.35 bits per heavy atom. The summed E-state index contributed by atoms with van der Waals surface area (Å²) in [5.74, 6) is 1.89. The zero-order valence-corrected chi connectivity index (χ0v) is 21.3. The zero-order valence-electron chi connectivity index (χ0n) is 19.1. The highest BCUT2D eigenvalue weighted by Gasteiger charge is 2.28. The van der Waals surface area contributed by atoms with Crippen molar-refractivity contribution in [2.24, 2.45) is 5.92 Å². The molecule has 8 heteroatoms. The van der Waals surface area contributed by atoms with Gasteiger partial charge in [-0.3, -0.25) is 0 Å². The number of halogens is 3. The topological polar surface area (TPSA) is 56.7 Å². The Hall–Kier alpha value is -2.34. The van der Waals surface area contributed by atoms with Gasteiger partial charge in [0.05, 0.1) is 16.4 Å². The van der Waals surface area contributed by atoms with Crippen LogP contribution >= 0.6 is 34.8 Å².